The van der Waals surface area contributed by atoms with E-state index in [1.807, 2.05) is 27.7 Å². The van der Waals surface area contributed by atoms with Gasteiger partial charge in [-0.3, -0.25) is 0 Å². The minimum Gasteiger partial charge on any atom is -0.408 e. The van der Waals surface area contributed by atoms with E-state index in [4.69, 9.17) is 8.54 Å². The molecule has 1 N–H and O–H groups in total. The Balaban J connectivity index is 5.34. The lowest BCUT2D eigenvalue weighted by Crippen LogP contribution is -2.56. The molecule has 2 atom stereocenters. The third kappa shape index (κ3) is 4.17. The van der Waals surface area contributed by atoms with Crippen LogP contribution in [0.25, 0.3) is 0 Å². The Labute approximate surface area is 114 Å². The van der Waals surface area contributed by atoms with E-state index in [0.717, 1.165) is 0 Å². The van der Waals surface area contributed by atoms with Crippen LogP contribution in [0.15, 0.2) is 24.6 Å². The fourth-order valence-corrected chi connectivity index (χ4v) is 8.46. The van der Waals surface area contributed by atoms with Gasteiger partial charge in [-0.1, -0.05) is 39.1 Å². The fraction of sp³-hybridized carbons (Fsp3) is 0.692. The SMILES string of the molecule is C=C[Si](O)(O[Si](C=C)(OC(C)C)C(C)C)C(C)C. The van der Waals surface area contributed by atoms with Crippen molar-refractivity contribution >= 4 is 17.1 Å². The van der Waals surface area contributed by atoms with Crippen LogP contribution in [-0.4, -0.2) is 28.0 Å². The molecular formula is C13H28O3Si2. The zero-order chi connectivity index (χ0) is 14.6. The summed E-state index contributed by atoms with van der Waals surface area (Å²) in [4.78, 5) is 10.6. The molecule has 0 saturated carbocycles. The van der Waals surface area contributed by atoms with Gasteiger partial charge in [-0.05, 0) is 13.8 Å². The third-order valence-electron chi connectivity index (χ3n) is 2.95. The lowest BCUT2D eigenvalue weighted by atomic mass is 10.5. The van der Waals surface area contributed by atoms with Gasteiger partial charge in [0.05, 0.1) is 0 Å². The fourth-order valence-electron chi connectivity index (χ4n) is 1.62. The molecule has 0 aliphatic heterocycles. The molecule has 0 fully saturated rings. The van der Waals surface area contributed by atoms with E-state index in [-0.39, 0.29) is 17.2 Å². The predicted octanol–water partition coefficient (Wildman–Crippen LogP) is 3.58. The van der Waals surface area contributed by atoms with Crippen molar-refractivity contribution in [3.05, 3.63) is 24.6 Å². The van der Waals surface area contributed by atoms with Crippen molar-refractivity contribution in [2.24, 2.45) is 0 Å². The first-order chi connectivity index (χ1) is 8.13. The second kappa shape index (κ2) is 6.81. The summed E-state index contributed by atoms with van der Waals surface area (Å²) in [6.45, 7) is 19.6. The molecule has 0 aliphatic carbocycles. The Hall–Kier alpha value is -0.206. The molecule has 0 radical (unpaired) electrons. The van der Waals surface area contributed by atoms with E-state index >= 15 is 0 Å². The average Bonchev–Trinajstić information content (AvgIpc) is 2.26. The molecule has 18 heavy (non-hydrogen) atoms. The van der Waals surface area contributed by atoms with Crippen LogP contribution in [0.4, 0.5) is 0 Å². The summed E-state index contributed by atoms with van der Waals surface area (Å²) < 4.78 is 12.2. The summed E-state index contributed by atoms with van der Waals surface area (Å²) in [5, 5.41) is 0. The minimum absolute atomic E-state index is 0.0383. The smallest absolute Gasteiger partial charge is 0.358 e. The van der Waals surface area contributed by atoms with Gasteiger partial charge in [0.15, 0.2) is 0 Å². The van der Waals surface area contributed by atoms with Gasteiger partial charge in [0, 0.05) is 17.2 Å². The predicted molar refractivity (Wildman–Crippen MR) is 81.6 cm³/mol. The molecule has 0 aliphatic rings. The van der Waals surface area contributed by atoms with Gasteiger partial charge < -0.3 is 13.3 Å². The monoisotopic (exact) mass is 288 g/mol. The molecule has 5 heteroatoms. The van der Waals surface area contributed by atoms with Crippen LogP contribution in [0.2, 0.25) is 11.1 Å². The maximum Gasteiger partial charge on any atom is 0.358 e. The van der Waals surface area contributed by atoms with Crippen LogP contribution in [0, 0.1) is 0 Å². The standard InChI is InChI=1S/C13H28O3Si2/c1-9-17(14,12(5)6)16-18(10-2,13(7)8)15-11(3)4/h9-14H,1-2H2,3-8H3. The highest BCUT2D eigenvalue weighted by Crippen LogP contribution is 2.32. The Morgan fingerprint density at radius 3 is 1.67 bits per heavy atom. The first-order valence-electron chi connectivity index (χ1n) is 6.51. The molecule has 106 valence electrons. The number of hydrogen-bond acceptors (Lipinski definition) is 3. The molecule has 2 unspecified atom stereocenters. The largest absolute Gasteiger partial charge is 0.408 e. The van der Waals surface area contributed by atoms with Gasteiger partial charge >= 0.3 is 17.1 Å². The van der Waals surface area contributed by atoms with E-state index in [1.54, 1.807) is 11.4 Å². The van der Waals surface area contributed by atoms with Crippen molar-refractivity contribution in [1.82, 2.24) is 0 Å². The molecule has 0 rings (SSSR count). The molecule has 0 bridgehead atoms. The third-order valence-corrected chi connectivity index (χ3v) is 10.8. The quantitative estimate of drug-likeness (QED) is 0.694. The maximum atomic E-state index is 10.6. The van der Waals surface area contributed by atoms with Crippen molar-refractivity contribution in [3.8, 4) is 0 Å². The molecule has 0 aromatic heterocycles. The second-order valence-electron chi connectivity index (χ2n) is 5.46. The zero-order valence-electron chi connectivity index (χ0n) is 12.6. The summed E-state index contributed by atoms with van der Waals surface area (Å²) >= 11 is 0. The van der Waals surface area contributed by atoms with Gasteiger partial charge in [0.25, 0.3) is 0 Å². The molecular weight excluding hydrogens is 260 g/mol. The summed E-state index contributed by atoms with van der Waals surface area (Å²) in [6, 6.07) is 0. The highest BCUT2D eigenvalue weighted by Gasteiger charge is 2.48. The first kappa shape index (κ1) is 17.8. The van der Waals surface area contributed by atoms with Gasteiger partial charge in [-0.25, -0.2) is 0 Å². The molecule has 0 heterocycles. The second-order valence-corrected chi connectivity index (χ2v) is 12.6. The van der Waals surface area contributed by atoms with E-state index in [0.29, 0.717) is 0 Å². The highest BCUT2D eigenvalue weighted by molar-refractivity contribution is 6.86. The molecule has 0 aromatic rings. The summed E-state index contributed by atoms with van der Waals surface area (Å²) in [5.74, 6) is 0. The summed E-state index contributed by atoms with van der Waals surface area (Å²) in [5.41, 5.74) is 3.59. The summed E-state index contributed by atoms with van der Waals surface area (Å²) in [6.07, 6.45) is 0.0484. The van der Waals surface area contributed by atoms with E-state index < -0.39 is 17.1 Å². The number of hydrogen-bond donors (Lipinski definition) is 1. The lowest BCUT2D eigenvalue weighted by Gasteiger charge is -2.39. The Kier molecular flexibility index (Phi) is 6.74. The normalized spacial score (nSPS) is 18.8. The topological polar surface area (TPSA) is 38.7 Å². The van der Waals surface area contributed by atoms with Crippen LogP contribution in [-0.2, 0) is 8.54 Å². The van der Waals surface area contributed by atoms with Crippen LogP contribution >= 0.6 is 0 Å². The van der Waals surface area contributed by atoms with Gasteiger partial charge in [-0.2, -0.15) is 0 Å². The van der Waals surface area contributed by atoms with Crippen molar-refractivity contribution in [1.29, 1.82) is 0 Å². The Morgan fingerprint density at radius 1 is 0.944 bits per heavy atom. The van der Waals surface area contributed by atoms with Crippen LogP contribution < -0.4 is 0 Å². The maximum absolute atomic E-state index is 10.6. The zero-order valence-corrected chi connectivity index (χ0v) is 14.6. The van der Waals surface area contributed by atoms with Gasteiger partial charge in [0.2, 0.25) is 0 Å². The van der Waals surface area contributed by atoms with E-state index in [1.165, 1.54) is 0 Å². The molecule has 0 spiro atoms. The molecule has 0 amide bonds. The van der Waals surface area contributed by atoms with Crippen molar-refractivity contribution < 1.29 is 13.3 Å². The summed E-state index contributed by atoms with van der Waals surface area (Å²) in [7, 11) is -5.58. The Morgan fingerprint density at radius 2 is 1.44 bits per heavy atom. The van der Waals surface area contributed by atoms with Gasteiger partial charge in [-0.15, -0.1) is 13.2 Å². The van der Waals surface area contributed by atoms with E-state index in [9.17, 15) is 4.80 Å². The minimum atomic E-state index is -2.96. The molecule has 0 saturated heterocycles. The van der Waals surface area contributed by atoms with Crippen LogP contribution in [0.5, 0.6) is 0 Å². The average molecular weight is 289 g/mol. The lowest BCUT2D eigenvalue weighted by molar-refractivity contribution is 0.169. The van der Waals surface area contributed by atoms with Crippen LogP contribution in [0.1, 0.15) is 41.5 Å². The van der Waals surface area contributed by atoms with Crippen molar-refractivity contribution in [2.45, 2.75) is 58.7 Å². The van der Waals surface area contributed by atoms with Crippen molar-refractivity contribution in [3.63, 3.8) is 0 Å². The van der Waals surface area contributed by atoms with E-state index in [2.05, 4.69) is 27.0 Å². The van der Waals surface area contributed by atoms with Crippen molar-refractivity contribution in [2.75, 3.05) is 0 Å². The first-order valence-corrected chi connectivity index (χ1v) is 10.5. The highest BCUT2D eigenvalue weighted by atomic mass is 28.5. The number of rotatable bonds is 8. The Bertz CT molecular complexity index is 292. The molecule has 0 aromatic carbocycles. The van der Waals surface area contributed by atoms with Crippen LogP contribution in [0.3, 0.4) is 0 Å². The van der Waals surface area contributed by atoms with Gasteiger partial charge in [0.1, 0.15) is 0 Å². The molecule has 3 nitrogen and oxygen atoms in total.